The number of nitrogens with two attached hydrogens (primary N) is 3. The highest BCUT2D eigenvalue weighted by Crippen LogP contribution is 2.12. The standard InChI is InChI=1S/C18H21N3O3/c19-17(23)24-12-15-8-6-13(7-9-15)10-16(22)18(20,21)11-14-4-2-1-3-5-14/h1-9H,10-12,20-21H2,(H2,19,23). The summed E-state index contributed by atoms with van der Waals surface area (Å²) in [7, 11) is 0. The molecule has 6 N–H and O–H groups in total. The van der Waals surface area contributed by atoms with Crippen LogP contribution in [0, 0.1) is 0 Å². The lowest BCUT2D eigenvalue weighted by Gasteiger charge is -2.23. The Kier molecular flexibility index (Phi) is 5.68. The number of ketones is 1. The maximum absolute atomic E-state index is 12.4. The molecule has 6 nitrogen and oxygen atoms in total. The number of benzene rings is 2. The van der Waals surface area contributed by atoms with E-state index in [1.54, 1.807) is 24.3 Å². The first-order chi connectivity index (χ1) is 11.4. The fraction of sp³-hybridized carbons (Fsp3) is 0.222. The van der Waals surface area contributed by atoms with E-state index in [2.05, 4.69) is 0 Å². The van der Waals surface area contributed by atoms with Gasteiger partial charge in [0.25, 0.3) is 0 Å². The summed E-state index contributed by atoms with van der Waals surface area (Å²) >= 11 is 0. The van der Waals surface area contributed by atoms with Gasteiger partial charge in [-0.3, -0.25) is 4.79 Å². The van der Waals surface area contributed by atoms with Gasteiger partial charge in [0.1, 0.15) is 12.3 Å². The maximum Gasteiger partial charge on any atom is 0.404 e. The molecule has 0 radical (unpaired) electrons. The molecule has 0 fully saturated rings. The molecular weight excluding hydrogens is 306 g/mol. The summed E-state index contributed by atoms with van der Waals surface area (Å²) in [6.07, 6.45) is -0.417. The zero-order valence-corrected chi connectivity index (χ0v) is 13.3. The molecule has 0 unspecified atom stereocenters. The van der Waals surface area contributed by atoms with Crippen molar-refractivity contribution in [3.05, 3.63) is 71.3 Å². The Labute approximate surface area is 140 Å². The molecule has 24 heavy (non-hydrogen) atoms. The van der Waals surface area contributed by atoms with E-state index in [0.29, 0.717) is 0 Å². The average molecular weight is 327 g/mol. The van der Waals surface area contributed by atoms with Gasteiger partial charge in [0, 0.05) is 12.8 Å². The minimum absolute atomic E-state index is 0.0925. The van der Waals surface area contributed by atoms with Crippen LogP contribution in [0.2, 0.25) is 0 Å². The van der Waals surface area contributed by atoms with Crippen LogP contribution in [-0.4, -0.2) is 17.5 Å². The van der Waals surface area contributed by atoms with E-state index < -0.39 is 11.8 Å². The molecule has 2 rings (SSSR count). The lowest BCUT2D eigenvalue weighted by molar-refractivity contribution is -0.123. The fourth-order valence-corrected chi connectivity index (χ4v) is 2.29. The van der Waals surface area contributed by atoms with Crippen LogP contribution < -0.4 is 17.2 Å². The molecule has 0 aliphatic carbocycles. The number of ether oxygens (including phenoxy) is 1. The number of carbonyl (C=O) groups excluding carboxylic acids is 2. The highest BCUT2D eigenvalue weighted by atomic mass is 16.5. The molecule has 1 amide bonds. The summed E-state index contributed by atoms with van der Waals surface area (Å²) in [5, 5.41) is 0. The van der Waals surface area contributed by atoms with Crippen LogP contribution in [0.1, 0.15) is 16.7 Å². The Balaban J connectivity index is 1.96. The van der Waals surface area contributed by atoms with Crippen LogP contribution in [0.4, 0.5) is 4.79 Å². The smallest absolute Gasteiger partial charge is 0.404 e. The van der Waals surface area contributed by atoms with Gasteiger partial charge in [-0.05, 0) is 16.7 Å². The summed E-state index contributed by atoms with van der Waals surface area (Å²) < 4.78 is 4.70. The normalized spacial score (nSPS) is 11.1. The molecule has 0 atom stereocenters. The van der Waals surface area contributed by atoms with Crippen molar-refractivity contribution in [3.63, 3.8) is 0 Å². The highest BCUT2D eigenvalue weighted by Gasteiger charge is 2.29. The van der Waals surface area contributed by atoms with E-state index in [1.165, 1.54) is 0 Å². The van der Waals surface area contributed by atoms with E-state index in [0.717, 1.165) is 16.7 Å². The lowest BCUT2D eigenvalue weighted by atomic mass is 9.93. The molecule has 0 aromatic heterocycles. The summed E-state index contributed by atoms with van der Waals surface area (Å²) in [4.78, 5) is 23.0. The second kappa shape index (κ2) is 7.72. The van der Waals surface area contributed by atoms with Gasteiger partial charge in [-0.2, -0.15) is 0 Å². The first-order valence-electron chi connectivity index (χ1n) is 7.52. The van der Waals surface area contributed by atoms with Gasteiger partial charge in [0.05, 0.1) is 0 Å². The van der Waals surface area contributed by atoms with Crippen molar-refractivity contribution in [2.24, 2.45) is 17.2 Å². The van der Waals surface area contributed by atoms with Gasteiger partial charge in [0.15, 0.2) is 5.78 Å². The SMILES string of the molecule is NC(=O)OCc1ccc(CC(=O)C(N)(N)Cc2ccccc2)cc1. The predicted molar refractivity (Wildman–Crippen MR) is 90.8 cm³/mol. The number of Topliss-reactive ketones (excluding diaryl/α,β-unsaturated/α-hetero) is 1. The van der Waals surface area contributed by atoms with Crippen LogP contribution >= 0.6 is 0 Å². The average Bonchev–Trinajstić information content (AvgIpc) is 2.54. The number of hydrogen-bond donors (Lipinski definition) is 3. The van der Waals surface area contributed by atoms with Gasteiger partial charge in [-0.1, -0.05) is 54.6 Å². The van der Waals surface area contributed by atoms with Gasteiger partial charge in [-0.25, -0.2) is 4.79 Å². The van der Waals surface area contributed by atoms with Crippen LogP contribution in [0.3, 0.4) is 0 Å². The third-order valence-corrected chi connectivity index (χ3v) is 3.63. The minimum Gasteiger partial charge on any atom is -0.445 e. The Morgan fingerprint density at radius 3 is 2.04 bits per heavy atom. The molecule has 0 aliphatic rings. The molecule has 0 heterocycles. The largest absolute Gasteiger partial charge is 0.445 e. The van der Waals surface area contributed by atoms with Gasteiger partial charge in [0.2, 0.25) is 0 Å². The summed E-state index contributed by atoms with van der Waals surface area (Å²) in [5.74, 6) is -0.243. The number of rotatable bonds is 7. The van der Waals surface area contributed by atoms with Crippen molar-refractivity contribution >= 4 is 11.9 Å². The molecular formula is C18H21N3O3. The second-order valence-corrected chi connectivity index (χ2v) is 5.73. The topological polar surface area (TPSA) is 121 Å². The van der Waals surface area contributed by atoms with Crippen LogP contribution in [0.15, 0.2) is 54.6 Å². The number of hydrogen-bond acceptors (Lipinski definition) is 5. The van der Waals surface area contributed by atoms with Crippen molar-refractivity contribution in [1.29, 1.82) is 0 Å². The molecule has 0 aliphatic heterocycles. The third-order valence-electron chi connectivity index (χ3n) is 3.63. The first-order valence-corrected chi connectivity index (χ1v) is 7.52. The molecule has 2 aromatic rings. The molecule has 6 heteroatoms. The first kappa shape index (κ1) is 17.7. The van der Waals surface area contributed by atoms with Gasteiger partial charge >= 0.3 is 6.09 Å². The van der Waals surface area contributed by atoms with E-state index in [-0.39, 0.29) is 25.2 Å². The molecule has 2 aromatic carbocycles. The molecule has 0 saturated carbocycles. The number of amides is 1. The molecule has 0 spiro atoms. The van der Waals surface area contributed by atoms with Crippen molar-refractivity contribution in [2.45, 2.75) is 25.1 Å². The van der Waals surface area contributed by atoms with Crippen LogP contribution in [-0.2, 0) is 29.0 Å². The Bertz CT molecular complexity index is 697. The summed E-state index contributed by atoms with van der Waals surface area (Å²) in [5.41, 5.74) is 18.0. The molecule has 0 saturated heterocycles. The fourth-order valence-electron chi connectivity index (χ4n) is 2.29. The van der Waals surface area contributed by atoms with Crippen molar-refractivity contribution in [2.75, 3.05) is 0 Å². The van der Waals surface area contributed by atoms with Crippen molar-refractivity contribution < 1.29 is 14.3 Å². The second-order valence-electron chi connectivity index (χ2n) is 5.73. The van der Waals surface area contributed by atoms with E-state index in [9.17, 15) is 9.59 Å². The zero-order valence-electron chi connectivity index (χ0n) is 13.3. The molecule has 126 valence electrons. The maximum atomic E-state index is 12.4. The zero-order chi connectivity index (χ0) is 17.6. The van der Waals surface area contributed by atoms with Gasteiger partial charge < -0.3 is 21.9 Å². The highest BCUT2D eigenvalue weighted by molar-refractivity contribution is 5.89. The molecule has 0 bridgehead atoms. The summed E-state index contributed by atoms with van der Waals surface area (Å²) in [6.45, 7) is 0.0925. The Morgan fingerprint density at radius 2 is 1.46 bits per heavy atom. The van der Waals surface area contributed by atoms with Crippen molar-refractivity contribution in [1.82, 2.24) is 0 Å². The summed E-state index contributed by atoms with van der Waals surface area (Å²) in [6, 6.07) is 16.5. The lowest BCUT2D eigenvalue weighted by Crippen LogP contribution is -2.58. The van der Waals surface area contributed by atoms with Crippen LogP contribution in [0.5, 0.6) is 0 Å². The number of primary amides is 1. The third kappa shape index (κ3) is 5.19. The Morgan fingerprint density at radius 1 is 0.875 bits per heavy atom. The Hall–Kier alpha value is -2.70. The number of carbonyl (C=O) groups is 2. The minimum atomic E-state index is -1.42. The van der Waals surface area contributed by atoms with E-state index in [4.69, 9.17) is 21.9 Å². The monoisotopic (exact) mass is 327 g/mol. The van der Waals surface area contributed by atoms with Crippen LogP contribution in [0.25, 0.3) is 0 Å². The quantitative estimate of drug-likeness (QED) is 0.661. The van der Waals surface area contributed by atoms with Gasteiger partial charge in [-0.15, -0.1) is 0 Å². The van der Waals surface area contributed by atoms with E-state index in [1.807, 2.05) is 30.3 Å². The van der Waals surface area contributed by atoms with E-state index >= 15 is 0 Å². The predicted octanol–water partition coefficient (Wildman–Crippen LogP) is 1.25. The van der Waals surface area contributed by atoms with Crippen molar-refractivity contribution in [3.8, 4) is 0 Å².